The first-order valence-corrected chi connectivity index (χ1v) is 13.1. The molecule has 4 aliphatic rings. The molecule has 0 aromatic carbocycles. The lowest BCUT2D eigenvalue weighted by atomic mass is 9.41. The Morgan fingerprint density at radius 1 is 0.897 bits per heavy atom. The highest BCUT2D eigenvalue weighted by Crippen LogP contribution is 2.69. The summed E-state index contributed by atoms with van der Waals surface area (Å²) in [5, 5.41) is 22.2. The molecule has 0 aromatic heterocycles. The van der Waals surface area contributed by atoms with Crippen molar-refractivity contribution in [1.82, 2.24) is 0 Å². The Labute approximate surface area is 180 Å². The molecule has 2 N–H and O–H groups in total. The molecule has 11 atom stereocenters. The van der Waals surface area contributed by atoms with Crippen molar-refractivity contribution in [2.75, 3.05) is 0 Å². The maximum absolute atomic E-state index is 11.7. The summed E-state index contributed by atoms with van der Waals surface area (Å²) in [5.74, 6) is 4.46. The summed E-state index contributed by atoms with van der Waals surface area (Å²) in [6, 6.07) is 0. The summed E-state index contributed by atoms with van der Waals surface area (Å²) < 4.78 is 0. The van der Waals surface area contributed by atoms with Crippen molar-refractivity contribution in [3.05, 3.63) is 0 Å². The first-order valence-electron chi connectivity index (χ1n) is 13.1. The van der Waals surface area contributed by atoms with Crippen LogP contribution in [0.5, 0.6) is 0 Å². The average molecular weight is 405 g/mol. The van der Waals surface area contributed by atoms with Crippen molar-refractivity contribution in [3.8, 4) is 0 Å². The molecule has 0 saturated heterocycles. The number of aliphatic hydroxyl groups is 2. The van der Waals surface area contributed by atoms with Gasteiger partial charge in [0.2, 0.25) is 0 Å². The minimum absolute atomic E-state index is 0.144. The Morgan fingerprint density at radius 3 is 2.28 bits per heavy atom. The molecule has 4 saturated carbocycles. The highest BCUT2D eigenvalue weighted by Gasteiger charge is 2.64. The van der Waals surface area contributed by atoms with E-state index in [-0.39, 0.29) is 12.2 Å². The van der Waals surface area contributed by atoms with Crippen LogP contribution in [0.15, 0.2) is 0 Å². The van der Waals surface area contributed by atoms with Gasteiger partial charge in [-0.05, 0) is 97.2 Å². The van der Waals surface area contributed by atoms with Crippen molar-refractivity contribution in [2.45, 2.75) is 117 Å². The van der Waals surface area contributed by atoms with Gasteiger partial charge in [0.05, 0.1) is 12.2 Å². The quantitative estimate of drug-likeness (QED) is 0.553. The summed E-state index contributed by atoms with van der Waals surface area (Å²) >= 11 is 0. The molecule has 5 unspecified atom stereocenters. The number of rotatable bonds is 5. The number of hydrogen-bond donors (Lipinski definition) is 2. The van der Waals surface area contributed by atoms with Crippen molar-refractivity contribution >= 4 is 0 Å². The van der Waals surface area contributed by atoms with Gasteiger partial charge in [0, 0.05) is 0 Å². The molecule has 0 spiro atoms. The third-order valence-electron chi connectivity index (χ3n) is 11.2. The van der Waals surface area contributed by atoms with Crippen LogP contribution >= 0.6 is 0 Å². The summed E-state index contributed by atoms with van der Waals surface area (Å²) in [4.78, 5) is 0. The third kappa shape index (κ3) is 3.34. The fourth-order valence-electron chi connectivity index (χ4n) is 9.66. The van der Waals surface area contributed by atoms with Gasteiger partial charge >= 0.3 is 0 Å². The number of fused-ring (bicyclic) bond motifs is 5. The highest BCUT2D eigenvalue weighted by molar-refractivity contribution is 5.13. The molecule has 0 amide bonds. The standard InChI is InChI=1S/C27H48O2/c1-6-8-9-17(3)20-10-11-21-24-22(13-15-26(20,21)4)27(5)14-12-18(28)16-23(27)19(7-2)25(24)29/h17-25,28-29H,6-16H2,1-5H3/t17-,18-,19-,20?,21?,22?,23+,24?,25?,26-,27-/m1/s1. The zero-order valence-corrected chi connectivity index (χ0v) is 19.9. The maximum Gasteiger partial charge on any atom is 0.0605 e. The van der Waals surface area contributed by atoms with Crippen LogP contribution < -0.4 is 0 Å². The van der Waals surface area contributed by atoms with E-state index in [9.17, 15) is 10.2 Å². The number of unbranched alkanes of at least 4 members (excludes halogenated alkanes) is 1. The average Bonchev–Trinajstić information content (AvgIpc) is 3.05. The SMILES string of the molecule is CCCC[C@@H](C)C1CCC2C3C(O)[C@H](CC)[C@@H]4C[C@H](O)CC[C@]4(C)C3CC[C@@]21C. The Hall–Kier alpha value is -0.0800. The molecule has 2 nitrogen and oxygen atoms in total. The van der Waals surface area contributed by atoms with Crippen LogP contribution in [0.2, 0.25) is 0 Å². The van der Waals surface area contributed by atoms with E-state index in [2.05, 4.69) is 34.6 Å². The Balaban J connectivity index is 1.63. The molecule has 4 aliphatic carbocycles. The summed E-state index contributed by atoms with van der Waals surface area (Å²) in [5.41, 5.74) is 0.766. The lowest BCUT2D eigenvalue weighted by Gasteiger charge is -2.64. The molecular weight excluding hydrogens is 356 g/mol. The van der Waals surface area contributed by atoms with E-state index in [0.29, 0.717) is 40.4 Å². The van der Waals surface area contributed by atoms with E-state index in [4.69, 9.17) is 0 Å². The molecule has 4 fully saturated rings. The predicted molar refractivity (Wildman–Crippen MR) is 120 cm³/mol. The monoisotopic (exact) mass is 404 g/mol. The van der Waals surface area contributed by atoms with Crippen LogP contribution in [0.1, 0.15) is 105 Å². The van der Waals surface area contributed by atoms with Crippen LogP contribution in [0.3, 0.4) is 0 Å². The van der Waals surface area contributed by atoms with Gasteiger partial charge in [-0.15, -0.1) is 0 Å². The lowest BCUT2D eigenvalue weighted by Crippen LogP contribution is -2.62. The van der Waals surface area contributed by atoms with Crippen LogP contribution in [0.4, 0.5) is 0 Å². The zero-order valence-electron chi connectivity index (χ0n) is 19.9. The Bertz CT molecular complexity index is 575. The minimum atomic E-state index is -0.150. The second kappa shape index (κ2) is 8.12. The molecule has 0 radical (unpaired) electrons. The summed E-state index contributed by atoms with van der Waals surface area (Å²) in [7, 11) is 0. The zero-order chi connectivity index (χ0) is 21.0. The van der Waals surface area contributed by atoms with Gasteiger partial charge in [-0.3, -0.25) is 0 Å². The molecule has 0 heterocycles. The van der Waals surface area contributed by atoms with E-state index >= 15 is 0 Å². The highest BCUT2D eigenvalue weighted by atomic mass is 16.3. The van der Waals surface area contributed by atoms with Crippen molar-refractivity contribution in [1.29, 1.82) is 0 Å². The van der Waals surface area contributed by atoms with Crippen LogP contribution in [0, 0.1) is 52.3 Å². The summed E-state index contributed by atoms with van der Waals surface area (Å²) in [6.07, 6.45) is 13.3. The molecular formula is C27H48O2. The van der Waals surface area contributed by atoms with Crippen molar-refractivity contribution in [2.24, 2.45) is 52.3 Å². The van der Waals surface area contributed by atoms with Gasteiger partial charge in [-0.2, -0.15) is 0 Å². The Morgan fingerprint density at radius 2 is 1.59 bits per heavy atom. The van der Waals surface area contributed by atoms with Gasteiger partial charge in [-0.1, -0.05) is 60.3 Å². The van der Waals surface area contributed by atoms with E-state index in [1.54, 1.807) is 0 Å². The van der Waals surface area contributed by atoms with Crippen molar-refractivity contribution < 1.29 is 10.2 Å². The van der Waals surface area contributed by atoms with Gasteiger partial charge in [0.1, 0.15) is 0 Å². The van der Waals surface area contributed by atoms with E-state index in [0.717, 1.165) is 31.1 Å². The topological polar surface area (TPSA) is 40.5 Å². The Kier molecular flexibility index (Phi) is 6.19. The molecule has 2 heteroatoms. The lowest BCUT2D eigenvalue weighted by molar-refractivity contribution is -0.203. The first-order chi connectivity index (χ1) is 13.8. The number of aliphatic hydroxyl groups excluding tert-OH is 2. The van der Waals surface area contributed by atoms with Gasteiger partial charge in [0.25, 0.3) is 0 Å². The van der Waals surface area contributed by atoms with Crippen LogP contribution in [0.25, 0.3) is 0 Å². The molecule has 4 rings (SSSR count). The second-order valence-corrected chi connectivity index (χ2v) is 12.2. The van der Waals surface area contributed by atoms with E-state index < -0.39 is 0 Å². The van der Waals surface area contributed by atoms with Gasteiger partial charge < -0.3 is 10.2 Å². The van der Waals surface area contributed by atoms with E-state index in [1.165, 1.54) is 51.4 Å². The molecule has 0 aliphatic heterocycles. The predicted octanol–water partition coefficient (Wildman–Crippen LogP) is 6.44. The number of hydrogen-bond acceptors (Lipinski definition) is 2. The molecule has 0 bridgehead atoms. The first kappa shape index (κ1) is 22.1. The molecule has 29 heavy (non-hydrogen) atoms. The van der Waals surface area contributed by atoms with Gasteiger partial charge in [-0.25, -0.2) is 0 Å². The second-order valence-electron chi connectivity index (χ2n) is 12.2. The molecule has 168 valence electrons. The fraction of sp³-hybridized carbons (Fsp3) is 1.00. The normalized spacial score (nSPS) is 53.1. The van der Waals surface area contributed by atoms with Crippen LogP contribution in [-0.2, 0) is 0 Å². The largest absolute Gasteiger partial charge is 0.393 e. The maximum atomic E-state index is 11.7. The smallest absolute Gasteiger partial charge is 0.0605 e. The van der Waals surface area contributed by atoms with Crippen molar-refractivity contribution in [3.63, 3.8) is 0 Å². The third-order valence-corrected chi connectivity index (χ3v) is 11.2. The molecule has 0 aromatic rings. The van der Waals surface area contributed by atoms with E-state index in [1.807, 2.05) is 0 Å². The minimum Gasteiger partial charge on any atom is -0.393 e. The fourth-order valence-corrected chi connectivity index (χ4v) is 9.66. The van der Waals surface area contributed by atoms with Gasteiger partial charge in [0.15, 0.2) is 0 Å². The van der Waals surface area contributed by atoms with Crippen LogP contribution in [-0.4, -0.2) is 22.4 Å². The summed E-state index contributed by atoms with van der Waals surface area (Å²) in [6.45, 7) is 12.3.